The number of aliphatic imine (C=N–C) groups is 1. The van der Waals surface area contributed by atoms with Gasteiger partial charge in [0, 0.05) is 35.2 Å². The van der Waals surface area contributed by atoms with E-state index >= 15 is 0 Å². The number of benzene rings is 1. The molecule has 33 heavy (non-hydrogen) atoms. The Labute approximate surface area is 189 Å². The number of carbonyl (C=O) groups is 2. The maximum Gasteiger partial charge on any atom is 0.336 e. The lowest BCUT2D eigenvalue weighted by Gasteiger charge is -2.33. The number of esters is 1. The minimum atomic E-state index is -0.699. The molecule has 0 radical (unpaired) electrons. The van der Waals surface area contributed by atoms with Gasteiger partial charge in [0.15, 0.2) is 0 Å². The number of unbranched alkanes of at least 4 members (excludes halogenated alkanes) is 1. The lowest BCUT2D eigenvalue weighted by Crippen LogP contribution is -2.44. The van der Waals surface area contributed by atoms with Crippen molar-refractivity contribution in [2.45, 2.75) is 44.6 Å². The fourth-order valence-corrected chi connectivity index (χ4v) is 3.60. The van der Waals surface area contributed by atoms with Crippen LogP contribution in [0.2, 0.25) is 0 Å². The summed E-state index contributed by atoms with van der Waals surface area (Å²) in [5.41, 5.74) is 10.1. The number of azide groups is 1. The molecule has 0 fully saturated rings. The van der Waals surface area contributed by atoms with Crippen LogP contribution in [0.4, 0.5) is 5.69 Å². The van der Waals surface area contributed by atoms with Gasteiger partial charge in [0.2, 0.25) is 6.41 Å². The molecule has 0 aliphatic carbocycles. The van der Waals surface area contributed by atoms with Crippen LogP contribution in [0.5, 0.6) is 0 Å². The van der Waals surface area contributed by atoms with Crippen molar-refractivity contribution in [3.63, 3.8) is 0 Å². The van der Waals surface area contributed by atoms with E-state index < -0.39 is 22.9 Å². The van der Waals surface area contributed by atoms with E-state index in [2.05, 4.69) is 20.3 Å². The van der Waals surface area contributed by atoms with Crippen LogP contribution in [0, 0.1) is 21.4 Å². The molecule has 2 atom stereocenters. The Hall–Kier alpha value is -4.23. The highest BCUT2D eigenvalue weighted by Crippen LogP contribution is 2.38. The number of nitrogens with zero attached hydrogens (tertiary/aromatic N) is 6. The molecule has 172 valence electrons. The Morgan fingerprint density at radius 3 is 2.76 bits per heavy atom. The highest BCUT2D eigenvalue weighted by molar-refractivity contribution is 5.99. The van der Waals surface area contributed by atoms with Gasteiger partial charge >= 0.3 is 5.97 Å². The first-order valence-corrected chi connectivity index (χ1v) is 10.2. The van der Waals surface area contributed by atoms with Crippen molar-refractivity contribution in [3.8, 4) is 6.07 Å². The number of amides is 1. The summed E-state index contributed by atoms with van der Waals surface area (Å²) >= 11 is 0. The van der Waals surface area contributed by atoms with Gasteiger partial charge in [0.1, 0.15) is 6.61 Å². The largest absolute Gasteiger partial charge is 0.461 e. The Morgan fingerprint density at radius 2 is 2.15 bits per heavy atom. The topological polar surface area (TPSA) is 183 Å². The Morgan fingerprint density at radius 1 is 1.42 bits per heavy atom. The minimum absolute atomic E-state index is 0.0149. The summed E-state index contributed by atoms with van der Waals surface area (Å²) in [6.07, 6.45) is 2.07. The number of ether oxygens (including phenoxy) is 1. The third-order valence-electron chi connectivity index (χ3n) is 5.08. The van der Waals surface area contributed by atoms with E-state index in [1.54, 1.807) is 6.92 Å². The summed E-state index contributed by atoms with van der Waals surface area (Å²) in [7, 11) is 0. The summed E-state index contributed by atoms with van der Waals surface area (Å²) < 4.78 is 5.29. The first-order valence-electron chi connectivity index (χ1n) is 10.2. The maximum atomic E-state index is 13.1. The molecule has 1 heterocycles. The number of allylic oxidation sites excluding steroid dienone is 1. The van der Waals surface area contributed by atoms with Crippen molar-refractivity contribution >= 4 is 23.8 Å². The summed E-state index contributed by atoms with van der Waals surface area (Å²) in [6, 6.07) is 6.94. The third kappa shape index (κ3) is 6.62. The number of nitro groups is 1. The zero-order valence-corrected chi connectivity index (χ0v) is 18.0. The molecule has 1 aliphatic rings. The van der Waals surface area contributed by atoms with Gasteiger partial charge < -0.3 is 10.1 Å². The quantitative estimate of drug-likeness (QED) is 0.0738. The SMILES string of the molecule is CC1=NC(CCCCN=[N+]=[N-])=C(C(=O)OCCC#N)C(c2ccc([N+](=O)[O-])cc2)C1NC=O. The number of carbonyl (C=O) groups excluding carboxylic acids is 2. The molecular formula is C21H23N7O5. The predicted octanol–water partition coefficient (Wildman–Crippen LogP) is 3.46. The highest BCUT2D eigenvalue weighted by atomic mass is 16.6. The van der Waals surface area contributed by atoms with Gasteiger partial charge in [0.05, 0.1) is 34.7 Å². The fraction of sp³-hybridized carbons (Fsp3) is 0.429. The molecule has 1 N–H and O–H groups in total. The van der Waals surface area contributed by atoms with Gasteiger partial charge in [-0.3, -0.25) is 19.9 Å². The molecule has 0 spiro atoms. The number of hydrogen-bond acceptors (Lipinski definition) is 8. The first-order chi connectivity index (χ1) is 15.9. The van der Waals surface area contributed by atoms with Crippen LogP contribution in [0.3, 0.4) is 0 Å². The average Bonchev–Trinajstić information content (AvgIpc) is 2.80. The average molecular weight is 453 g/mol. The summed E-state index contributed by atoms with van der Waals surface area (Å²) in [6.45, 7) is 1.91. The molecule has 2 unspecified atom stereocenters. The molecule has 2 rings (SSSR count). The lowest BCUT2D eigenvalue weighted by molar-refractivity contribution is -0.384. The Kier molecular flexibility index (Phi) is 9.55. The van der Waals surface area contributed by atoms with Gasteiger partial charge in [-0.2, -0.15) is 5.26 Å². The second-order valence-corrected chi connectivity index (χ2v) is 7.16. The van der Waals surface area contributed by atoms with Crippen LogP contribution < -0.4 is 5.32 Å². The zero-order chi connectivity index (χ0) is 24.2. The fourth-order valence-electron chi connectivity index (χ4n) is 3.60. The number of non-ortho nitro benzene ring substituents is 1. The summed E-state index contributed by atoms with van der Waals surface area (Å²) in [4.78, 5) is 42.2. The monoisotopic (exact) mass is 453 g/mol. The second-order valence-electron chi connectivity index (χ2n) is 7.16. The van der Waals surface area contributed by atoms with Crippen molar-refractivity contribution in [2.24, 2.45) is 10.1 Å². The first kappa shape index (κ1) is 25.0. The minimum Gasteiger partial charge on any atom is -0.461 e. The van der Waals surface area contributed by atoms with E-state index in [0.29, 0.717) is 49.2 Å². The van der Waals surface area contributed by atoms with Crippen molar-refractivity contribution in [3.05, 3.63) is 61.7 Å². The molecule has 12 heteroatoms. The van der Waals surface area contributed by atoms with Crippen molar-refractivity contribution in [2.75, 3.05) is 13.2 Å². The van der Waals surface area contributed by atoms with Crippen LogP contribution in [0.1, 0.15) is 44.1 Å². The Bertz CT molecular complexity index is 1040. The van der Waals surface area contributed by atoms with Crippen LogP contribution in [0.15, 0.2) is 45.6 Å². The van der Waals surface area contributed by atoms with Crippen LogP contribution in [-0.2, 0) is 14.3 Å². The molecular weight excluding hydrogens is 430 g/mol. The molecule has 1 aromatic rings. The van der Waals surface area contributed by atoms with Crippen LogP contribution in [0.25, 0.3) is 10.4 Å². The molecule has 12 nitrogen and oxygen atoms in total. The smallest absolute Gasteiger partial charge is 0.336 e. The lowest BCUT2D eigenvalue weighted by atomic mass is 9.79. The van der Waals surface area contributed by atoms with E-state index in [-0.39, 0.29) is 24.3 Å². The molecule has 1 amide bonds. The van der Waals surface area contributed by atoms with Crippen molar-refractivity contribution in [1.82, 2.24) is 5.32 Å². The van der Waals surface area contributed by atoms with E-state index in [1.807, 2.05) is 6.07 Å². The van der Waals surface area contributed by atoms with E-state index in [4.69, 9.17) is 15.5 Å². The summed E-state index contributed by atoms with van der Waals surface area (Å²) in [5.74, 6) is -1.37. The van der Waals surface area contributed by atoms with Crippen LogP contribution in [-0.4, -0.2) is 42.2 Å². The van der Waals surface area contributed by atoms with Crippen LogP contribution >= 0.6 is 0 Å². The molecule has 0 saturated heterocycles. The maximum absolute atomic E-state index is 13.1. The molecule has 0 bridgehead atoms. The highest BCUT2D eigenvalue weighted by Gasteiger charge is 2.38. The van der Waals surface area contributed by atoms with Gasteiger partial charge in [-0.25, -0.2) is 4.79 Å². The van der Waals surface area contributed by atoms with E-state index in [9.17, 15) is 19.7 Å². The van der Waals surface area contributed by atoms with Crippen molar-refractivity contribution < 1.29 is 19.2 Å². The zero-order valence-electron chi connectivity index (χ0n) is 18.0. The van der Waals surface area contributed by atoms with Crippen molar-refractivity contribution in [1.29, 1.82) is 5.26 Å². The second kappa shape index (κ2) is 12.6. The molecule has 0 saturated carbocycles. The number of nitrogens with one attached hydrogen (secondary N) is 1. The van der Waals surface area contributed by atoms with E-state index in [0.717, 1.165) is 0 Å². The van der Waals surface area contributed by atoms with Gasteiger partial charge in [-0.15, -0.1) is 0 Å². The standard InChI is InChI=1S/C21H23N7O5/c1-14-20(24-13-29)18(15-6-8-16(9-7-15)28(31)32)19(21(30)33-12-4-10-22)17(26-14)5-2-3-11-25-27-23/h6-9,13,18,20H,2-5,11-12H2,1H3,(H,24,29). The van der Waals surface area contributed by atoms with Gasteiger partial charge in [-0.1, -0.05) is 17.2 Å². The van der Waals surface area contributed by atoms with Gasteiger partial charge in [-0.05, 0) is 37.3 Å². The number of nitro benzene ring substituents is 1. The normalized spacial score (nSPS) is 17.3. The molecule has 1 aromatic carbocycles. The molecule has 1 aliphatic heterocycles. The molecule has 0 aromatic heterocycles. The number of hydrogen-bond donors (Lipinski definition) is 1. The predicted molar refractivity (Wildman–Crippen MR) is 118 cm³/mol. The number of nitriles is 1. The number of rotatable bonds is 12. The summed E-state index contributed by atoms with van der Waals surface area (Å²) in [5, 5.41) is 26.0. The van der Waals surface area contributed by atoms with Gasteiger partial charge in [0.25, 0.3) is 5.69 Å². The van der Waals surface area contributed by atoms with E-state index in [1.165, 1.54) is 24.3 Å². The third-order valence-corrected chi connectivity index (χ3v) is 5.08. The Balaban J connectivity index is 2.52.